The van der Waals surface area contributed by atoms with Crippen molar-refractivity contribution < 1.29 is 0 Å². The molecule has 0 aliphatic carbocycles. The van der Waals surface area contributed by atoms with E-state index in [0.29, 0.717) is 0 Å². The molecule has 0 bridgehead atoms. The van der Waals surface area contributed by atoms with E-state index in [9.17, 15) is 0 Å². The first kappa shape index (κ1) is 14.9. The van der Waals surface area contributed by atoms with E-state index >= 15 is 0 Å². The molecule has 0 saturated carbocycles. The van der Waals surface area contributed by atoms with Crippen LogP contribution in [0.2, 0.25) is 5.02 Å². The second kappa shape index (κ2) is 5.88. The van der Waals surface area contributed by atoms with Crippen LogP contribution < -0.4 is 5.32 Å². The van der Waals surface area contributed by atoms with Gasteiger partial charge >= 0.3 is 0 Å². The van der Waals surface area contributed by atoms with Crippen LogP contribution in [0.5, 0.6) is 0 Å². The molecule has 0 aliphatic rings. The smallest absolute Gasteiger partial charge is 0.0649 e. The third-order valence-electron chi connectivity index (χ3n) is 3.74. The van der Waals surface area contributed by atoms with Crippen LogP contribution in [0.4, 0.5) is 5.69 Å². The van der Waals surface area contributed by atoms with Crippen molar-refractivity contribution in [2.75, 3.05) is 5.32 Å². The van der Waals surface area contributed by atoms with Crippen molar-refractivity contribution in [2.45, 2.75) is 47.2 Å². The maximum Gasteiger partial charge on any atom is 0.0649 e. The average Bonchev–Trinajstić information content (AvgIpc) is 2.68. The first-order valence-electron chi connectivity index (χ1n) is 7.00. The SMILES string of the molecule is CCn1nc(C)c(C(C)Nc2cc(Cl)ccc2C)c1C. The molecule has 0 spiro atoms. The first-order chi connectivity index (χ1) is 9.43. The van der Waals surface area contributed by atoms with E-state index in [1.165, 1.54) is 16.8 Å². The highest BCUT2D eigenvalue weighted by Gasteiger charge is 2.17. The van der Waals surface area contributed by atoms with Gasteiger partial charge in [-0.2, -0.15) is 5.10 Å². The number of halogens is 1. The van der Waals surface area contributed by atoms with Crippen molar-refractivity contribution in [1.82, 2.24) is 9.78 Å². The van der Waals surface area contributed by atoms with Gasteiger partial charge in [-0.3, -0.25) is 4.68 Å². The number of hydrogen-bond acceptors (Lipinski definition) is 2. The summed E-state index contributed by atoms with van der Waals surface area (Å²) in [5.74, 6) is 0. The maximum absolute atomic E-state index is 6.08. The summed E-state index contributed by atoms with van der Waals surface area (Å²) in [6, 6.07) is 6.13. The van der Waals surface area contributed by atoms with Gasteiger partial charge in [0, 0.05) is 28.5 Å². The highest BCUT2D eigenvalue weighted by Crippen LogP contribution is 2.28. The van der Waals surface area contributed by atoms with Crippen molar-refractivity contribution in [1.29, 1.82) is 0 Å². The van der Waals surface area contributed by atoms with Gasteiger partial charge < -0.3 is 5.32 Å². The summed E-state index contributed by atoms with van der Waals surface area (Å²) in [5, 5.41) is 8.88. The van der Waals surface area contributed by atoms with Gasteiger partial charge in [-0.05, 0) is 52.3 Å². The Kier molecular flexibility index (Phi) is 4.39. The summed E-state index contributed by atoms with van der Waals surface area (Å²) in [4.78, 5) is 0. The largest absolute Gasteiger partial charge is 0.378 e. The van der Waals surface area contributed by atoms with E-state index in [1.54, 1.807) is 0 Å². The number of nitrogens with zero attached hydrogens (tertiary/aromatic N) is 2. The number of rotatable bonds is 4. The third-order valence-corrected chi connectivity index (χ3v) is 3.98. The summed E-state index contributed by atoms with van der Waals surface area (Å²) < 4.78 is 2.05. The molecule has 1 unspecified atom stereocenters. The van der Waals surface area contributed by atoms with Crippen LogP contribution >= 0.6 is 11.6 Å². The van der Waals surface area contributed by atoms with Crippen LogP contribution in [0.3, 0.4) is 0 Å². The van der Waals surface area contributed by atoms with E-state index in [1.807, 2.05) is 22.9 Å². The molecule has 0 aliphatic heterocycles. The van der Waals surface area contributed by atoms with Crippen LogP contribution in [0.15, 0.2) is 18.2 Å². The van der Waals surface area contributed by atoms with Gasteiger partial charge in [-0.1, -0.05) is 17.7 Å². The molecule has 1 N–H and O–H groups in total. The highest BCUT2D eigenvalue weighted by molar-refractivity contribution is 6.30. The fourth-order valence-electron chi connectivity index (χ4n) is 2.70. The van der Waals surface area contributed by atoms with Crippen LogP contribution in [0.1, 0.15) is 42.4 Å². The van der Waals surface area contributed by atoms with Crippen molar-refractivity contribution >= 4 is 17.3 Å². The Morgan fingerprint density at radius 1 is 1.30 bits per heavy atom. The molecule has 2 aromatic rings. The van der Waals surface area contributed by atoms with Crippen molar-refractivity contribution in [2.24, 2.45) is 0 Å². The van der Waals surface area contributed by atoms with Crippen LogP contribution in [0.25, 0.3) is 0 Å². The quantitative estimate of drug-likeness (QED) is 0.888. The molecule has 108 valence electrons. The summed E-state index contributed by atoms with van der Waals surface area (Å²) in [5.41, 5.74) is 5.85. The van der Waals surface area contributed by atoms with Crippen molar-refractivity contribution in [3.8, 4) is 0 Å². The molecular weight excluding hydrogens is 270 g/mol. The lowest BCUT2D eigenvalue weighted by Gasteiger charge is -2.18. The van der Waals surface area contributed by atoms with Gasteiger partial charge in [-0.25, -0.2) is 0 Å². The number of hydrogen-bond donors (Lipinski definition) is 1. The molecule has 1 heterocycles. The van der Waals surface area contributed by atoms with Crippen molar-refractivity contribution in [3.63, 3.8) is 0 Å². The molecule has 0 fully saturated rings. The predicted molar refractivity (Wildman–Crippen MR) is 85.6 cm³/mol. The molecule has 0 radical (unpaired) electrons. The topological polar surface area (TPSA) is 29.9 Å². The van der Waals surface area contributed by atoms with E-state index < -0.39 is 0 Å². The van der Waals surface area contributed by atoms with E-state index in [0.717, 1.165) is 22.9 Å². The molecule has 1 atom stereocenters. The molecule has 0 saturated heterocycles. The van der Waals surface area contributed by atoms with Crippen LogP contribution in [0, 0.1) is 20.8 Å². The second-order valence-corrected chi connectivity index (χ2v) is 5.66. The summed E-state index contributed by atoms with van der Waals surface area (Å²) >= 11 is 6.08. The number of nitrogens with one attached hydrogen (secondary N) is 1. The standard InChI is InChI=1S/C16H22ClN3/c1-6-20-13(5)16(12(4)19-20)11(3)18-15-9-14(17)8-7-10(15)2/h7-9,11,18H,6H2,1-5H3. The summed E-state index contributed by atoms with van der Waals surface area (Å²) in [6.45, 7) is 11.5. The lowest BCUT2D eigenvalue weighted by molar-refractivity contribution is 0.632. The normalized spacial score (nSPS) is 12.5. The average molecular weight is 292 g/mol. The Morgan fingerprint density at radius 3 is 2.60 bits per heavy atom. The molecule has 0 amide bonds. The Labute approximate surface area is 126 Å². The number of benzene rings is 1. The lowest BCUT2D eigenvalue weighted by Crippen LogP contribution is -2.10. The summed E-state index contributed by atoms with van der Waals surface area (Å²) in [6.07, 6.45) is 0. The number of aromatic nitrogens is 2. The minimum absolute atomic E-state index is 0.201. The minimum atomic E-state index is 0.201. The van der Waals surface area contributed by atoms with Crippen LogP contribution in [-0.2, 0) is 6.54 Å². The molecule has 3 nitrogen and oxygen atoms in total. The third kappa shape index (κ3) is 2.83. The minimum Gasteiger partial charge on any atom is -0.378 e. The van der Waals surface area contributed by atoms with Gasteiger partial charge in [-0.15, -0.1) is 0 Å². The van der Waals surface area contributed by atoms with Gasteiger partial charge in [0.1, 0.15) is 0 Å². The molecular formula is C16H22ClN3. The van der Waals surface area contributed by atoms with E-state index in [2.05, 4.69) is 45.0 Å². The van der Waals surface area contributed by atoms with Crippen molar-refractivity contribution in [3.05, 3.63) is 45.7 Å². The summed E-state index contributed by atoms with van der Waals surface area (Å²) in [7, 11) is 0. The number of anilines is 1. The van der Waals surface area contributed by atoms with Gasteiger partial charge in [0.05, 0.1) is 11.7 Å². The molecule has 1 aromatic carbocycles. The van der Waals surface area contributed by atoms with Gasteiger partial charge in [0.15, 0.2) is 0 Å². The van der Waals surface area contributed by atoms with Crippen LogP contribution in [-0.4, -0.2) is 9.78 Å². The zero-order valence-corrected chi connectivity index (χ0v) is 13.5. The highest BCUT2D eigenvalue weighted by atomic mass is 35.5. The fraction of sp³-hybridized carbons (Fsp3) is 0.438. The molecule has 4 heteroatoms. The second-order valence-electron chi connectivity index (χ2n) is 5.23. The molecule has 20 heavy (non-hydrogen) atoms. The predicted octanol–water partition coefficient (Wildman–Crippen LogP) is 4.65. The Balaban J connectivity index is 2.30. The zero-order chi connectivity index (χ0) is 14.9. The van der Waals surface area contributed by atoms with E-state index in [-0.39, 0.29) is 6.04 Å². The Hall–Kier alpha value is -1.48. The Bertz CT molecular complexity index is 616. The Morgan fingerprint density at radius 2 is 2.00 bits per heavy atom. The zero-order valence-electron chi connectivity index (χ0n) is 12.8. The monoisotopic (exact) mass is 291 g/mol. The molecule has 1 aromatic heterocycles. The maximum atomic E-state index is 6.08. The fourth-order valence-corrected chi connectivity index (χ4v) is 2.87. The van der Waals surface area contributed by atoms with Gasteiger partial charge in [0.25, 0.3) is 0 Å². The van der Waals surface area contributed by atoms with E-state index in [4.69, 9.17) is 11.6 Å². The lowest BCUT2D eigenvalue weighted by atomic mass is 10.1. The van der Waals surface area contributed by atoms with Gasteiger partial charge in [0.2, 0.25) is 0 Å². The first-order valence-corrected chi connectivity index (χ1v) is 7.38. The molecule has 2 rings (SSSR count). The number of aryl methyl sites for hydroxylation is 3.